The van der Waals surface area contributed by atoms with E-state index >= 15 is 0 Å². The Bertz CT molecular complexity index is 799. The van der Waals surface area contributed by atoms with Gasteiger partial charge in [-0.1, -0.05) is 17.7 Å². The monoisotopic (exact) mass is 396 g/mol. The summed E-state index contributed by atoms with van der Waals surface area (Å²) in [7, 11) is 0. The number of ether oxygens (including phenoxy) is 1. The van der Waals surface area contributed by atoms with Gasteiger partial charge in [0.25, 0.3) is 0 Å². The molecule has 0 atom stereocenters. The maximum atomic E-state index is 12.0. The zero-order valence-electron chi connectivity index (χ0n) is 14.8. The number of nitrogens with one attached hydrogen (secondary N) is 1. The molecule has 0 saturated carbocycles. The van der Waals surface area contributed by atoms with E-state index in [4.69, 9.17) is 16.3 Å². The molecule has 6 nitrogen and oxygen atoms in total. The van der Waals surface area contributed by atoms with Gasteiger partial charge in [-0.2, -0.15) is 0 Å². The molecule has 1 aromatic heterocycles. The summed E-state index contributed by atoms with van der Waals surface area (Å²) in [5.74, 6) is -0.801. The average Bonchev–Trinajstić information content (AvgIpc) is 2.99. The quantitative estimate of drug-likeness (QED) is 0.733. The molecule has 0 aliphatic rings. The van der Waals surface area contributed by atoms with Crippen LogP contribution in [0.5, 0.6) is 0 Å². The molecular formula is C18H21ClN2O4S. The van der Waals surface area contributed by atoms with Gasteiger partial charge in [0, 0.05) is 16.0 Å². The number of aliphatic hydroxyl groups is 1. The predicted molar refractivity (Wildman–Crippen MR) is 101 cm³/mol. The lowest BCUT2D eigenvalue weighted by atomic mass is 10.1. The smallest absolute Gasteiger partial charge is 0.325 e. The molecule has 8 heteroatoms. The van der Waals surface area contributed by atoms with Crippen molar-refractivity contribution in [1.29, 1.82) is 0 Å². The van der Waals surface area contributed by atoms with Crippen molar-refractivity contribution in [2.24, 2.45) is 0 Å². The highest BCUT2D eigenvalue weighted by atomic mass is 35.5. The maximum absolute atomic E-state index is 12.0. The largest absolute Gasteiger partial charge is 0.459 e. The molecule has 0 saturated heterocycles. The highest BCUT2D eigenvalue weighted by Crippen LogP contribution is 2.29. The number of carbonyl (C=O) groups excluding carboxylic acids is 2. The minimum Gasteiger partial charge on any atom is -0.459 e. The first kappa shape index (κ1) is 20.4. The molecule has 2 N–H and O–H groups in total. The fourth-order valence-corrected chi connectivity index (χ4v) is 3.26. The van der Waals surface area contributed by atoms with Crippen molar-refractivity contribution in [2.45, 2.75) is 39.4 Å². The molecule has 0 aliphatic carbocycles. The molecule has 0 aliphatic heterocycles. The van der Waals surface area contributed by atoms with Gasteiger partial charge in [0.1, 0.15) is 17.2 Å². The van der Waals surface area contributed by atoms with Crippen molar-refractivity contribution in [1.82, 2.24) is 10.3 Å². The van der Waals surface area contributed by atoms with E-state index in [0.717, 1.165) is 5.56 Å². The number of benzene rings is 1. The van der Waals surface area contributed by atoms with Gasteiger partial charge >= 0.3 is 5.97 Å². The van der Waals surface area contributed by atoms with Crippen molar-refractivity contribution >= 4 is 34.8 Å². The van der Waals surface area contributed by atoms with E-state index in [1.165, 1.54) is 11.3 Å². The van der Waals surface area contributed by atoms with Crippen LogP contribution in [0.1, 0.15) is 32.0 Å². The Morgan fingerprint density at radius 1 is 1.35 bits per heavy atom. The number of aliphatic hydroxyl groups excluding tert-OH is 1. The van der Waals surface area contributed by atoms with E-state index in [9.17, 15) is 14.7 Å². The highest BCUT2D eigenvalue weighted by molar-refractivity contribution is 7.13. The Morgan fingerprint density at radius 2 is 2.08 bits per heavy atom. The van der Waals surface area contributed by atoms with Crippen LogP contribution in [0, 0.1) is 0 Å². The fraction of sp³-hybridized carbons (Fsp3) is 0.389. The lowest BCUT2D eigenvalue weighted by Crippen LogP contribution is -2.35. The standard InChI is InChI=1S/C18H21ClN2O4S/c1-18(2,3)25-16(24)8-20-15(23)7-13-10-26-17(21-13)14-5-4-12(19)6-11(14)9-22/h4-6,10,22H,7-9H2,1-3H3,(H,20,23). The van der Waals surface area contributed by atoms with E-state index in [1.807, 2.05) is 0 Å². The summed E-state index contributed by atoms with van der Waals surface area (Å²) in [5, 5.41) is 15.0. The third-order valence-electron chi connectivity index (χ3n) is 3.21. The van der Waals surface area contributed by atoms with Crippen LogP contribution in [0.15, 0.2) is 23.6 Å². The van der Waals surface area contributed by atoms with Crippen molar-refractivity contribution in [3.05, 3.63) is 39.9 Å². The summed E-state index contributed by atoms with van der Waals surface area (Å²) in [6, 6.07) is 5.20. The molecule has 0 unspecified atom stereocenters. The van der Waals surface area contributed by atoms with Gasteiger partial charge in [0.05, 0.1) is 18.7 Å². The maximum Gasteiger partial charge on any atom is 0.325 e. The Hall–Kier alpha value is -1.96. The van der Waals surface area contributed by atoms with Crippen LogP contribution in [-0.4, -0.2) is 34.1 Å². The zero-order valence-corrected chi connectivity index (χ0v) is 16.4. The molecule has 0 fully saturated rings. The van der Waals surface area contributed by atoms with Crippen molar-refractivity contribution < 1.29 is 19.4 Å². The highest BCUT2D eigenvalue weighted by Gasteiger charge is 2.17. The predicted octanol–water partition coefficient (Wildman–Crippen LogP) is 2.96. The Balaban J connectivity index is 1.96. The number of nitrogens with zero attached hydrogens (tertiary/aromatic N) is 1. The average molecular weight is 397 g/mol. The Labute approximate surface area is 161 Å². The number of amides is 1. The number of hydrogen-bond acceptors (Lipinski definition) is 6. The summed E-state index contributed by atoms with van der Waals surface area (Å²) < 4.78 is 5.13. The van der Waals surface area contributed by atoms with E-state index in [1.54, 1.807) is 44.4 Å². The van der Waals surface area contributed by atoms with E-state index in [2.05, 4.69) is 10.3 Å². The van der Waals surface area contributed by atoms with Crippen LogP contribution in [0.4, 0.5) is 0 Å². The normalized spacial score (nSPS) is 11.3. The second-order valence-electron chi connectivity index (χ2n) is 6.64. The van der Waals surface area contributed by atoms with Crippen LogP contribution < -0.4 is 5.32 Å². The van der Waals surface area contributed by atoms with Crippen molar-refractivity contribution in [3.63, 3.8) is 0 Å². The van der Waals surface area contributed by atoms with Crippen LogP contribution in [0.3, 0.4) is 0 Å². The topological polar surface area (TPSA) is 88.5 Å². The molecule has 2 rings (SSSR count). The second-order valence-corrected chi connectivity index (χ2v) is 7.94. The lowest BCUT2D eigenvalue weighted by molar-refractivity contribution is -0.154. The molecule has 0 spiro atoms. The van der Waals surface area contributed by atoms with E-state index in [-0.39, 0.29) is 25.5 Å². The molecule has 2 aromatic rings. The number of aromatic nitrogens is 1. The molecular weight excluding hydrogens is 376 g/mol. The summed E-state index contributed by atoms with van der Waals surface area (Å²) in [5.41, 5.74) is 1.45. The first-order valence-corrected chi connectivity index (χ1v) is 9.26. The van der Waals surface area contributed by atoms with Gasteiger partial charge in [-0.25, -0.2) is 4.98 Å². The SMILES string of the molecule is CC(C)(C)OC(=O)CNC(=O)Cc1csc(-c2ccc(Cl)cc2CO)n1. The summed E-state index contributed by atoms with van der Waals surface area (Å²) >= 11 is 7.31. The number of carbonyl (C=O) groups is 2. The number of thiazole rings is 1. The van der Waals surface area contributed by atoms with E-state index in [0.29, 0.717) is 21.3 Å². The van der Waals surface area contributed by atoms with Crippen LogP contribution in [-0.2, 0) is 27.4 Å². The molecule has 0 radical (unpaired) electrons. The van der Waals surface area contributed by atoms with Crippen LogP contribution in [0.2, 0.25) is 5.02 Å². The van der Waals surface area contributed by atoms with Crippen LogP contribution in [0.25, 0.3) is 10.6 Å². The fourth-order valence-electron chi connectivity index (χ4n) is 2.19. The van der Waals surface area contributed by atoms with Crippen molar-refractivity contribution in [2.75, 3.05) is 6.54 Å². The van der Waals surface area contributed by atoms with Gasteiger partial charge in [0.2, 0.25) is 5.91 Å². The lowest BCUT2D eigenvalue weighted by Gasteiger charge is -2.19. The minimum absolute atomic E-state index is 0.0569. The third kappa shape index (κ3) is 6.09. The first-order chi connectivity index (χ1) is 12.2. The van der Waals surface area contributed by atoms with Crippen LogP contribution >= 0.6 is 22.9 Å². The van der Waals surface area contributed by atoms with Crippen molar-refractivity contribution in [3.8, 4) is 10.6 Å². The molecule has 1 heterocycles. The van der Waals surface area contributed by atoms with Gasteiger partial charge in [-0.3, -0.25) is 9.59 Å². The second kappa shape index (κ2) is 8.62. The zero-order chi connectivity index (χ0) is 19.3. The number of halogens is 1. The van der Waals surface area contributed by atoms with Gasteiger partial charge in [0.15, 0.2) is 0 Å². The minimum atomic E-state index is -0.589. The van der Waals surface area contributed by atoms with Gasteiger partial charge in [-0.05, 0) is 38.5 Å². The summed E-state index contributed by atoms with van der Waals surface area (Å²) in [6.07, 6.45) is 0.0569. The number of rotatable bonds is 6. The van der Waals surface area contributed by atoms with Gasteiger partial charge < -0.3 is 15.2 Å². The third-order valence-corrected chi connectivity index (χ3v) is 4.37. The first-order valence-electron chi connectivity index (χ1n) is 8.00. The molecule has 1 amide bonds. The number of hydrogen-bond donors (Lipinski definition) is 2. The summed E-state index contributed by atoms with van der Waals surface area (Å²) in [4.78, 5) is 28.0. The Kier molecular flexibility index (Phi) is 6.75. The molecule has 140 valence electrons. The molecule has 0 bridgehead atoms. The number of esters is 1. The van der Waals surface area contributed by atoms with Gasteiger partial charge in [-0.15, -0.1) is 11.3 Å². The summed E-state index contributed by atoms with van der Waals surface area (Å²) in [6.45, 7) is 4.96. The molecule has 26 heavy (non-hydrogen) atoms. The van der Waals surface area contributed by atoms with E-state index < -0.39 is 11.6 Å². The Morgan fingerprint density at radius 3 is 2.73 bits per heavy atom. The molecule has 1 aromatic carbocycles.